The van der Waals surface area contributed by atoms with Gasteiger partial charge in [0.2, 0.25) is 0 Å². The minimum absolute atomic E-state index is 0.0254. The van der Waals surface area contributed by atoms with Crippen LogP contribution in [-0.2, 0) is 6.42 Å². The molecule has 1 aliphatic heterocycles. The van der Waals surface area contributed by atoms with E-state index < -0.39 is 37.2 Å². The van der Waals surface area contributed by atoms with Crippen molar-refractivity contribution in [3.05, 3.63) is 64.9 Å². The first kappa shape index (κ1) is 24.5. The number of ether oxygens (including phenoxy) is 1. The third-order valence-corrected chi connectivity index (χ3v) is 6.10. The standard InChI is InChI=1S/C25H28F5N3O/c26-7-3-8-31-9-11-34-17-12-20(29)23(21(30)13-17)25-24-19(6-10-33(25)15-16(28)14-27)18-4-1-2-5-22(18)32-24/h1-2,4-5,12-13,16,25,31-32H,3,6-11,14-15H2/t16?,25-/m1/s1. The van der Waals surface area contributed by atoms with Gasteiger partial charge in [-0.2, -0.15) is 0 Å². The van der Waals surface area contributed by atoms with Crippen LogP contribution < -0.4 is 10.1 Å². The number of alkyl halides is 3. The molecule has 9 heteroatoms. The number of aromatic nitrogens is 1. The number of rotatable bonds is 11. The van der Waals surface area contributed by atoms with Crippen molar-refractivity contribution in [1.29, 1.82) is 0 Å². The zero-order valence-corrected chi connectivity index (χ0v) is 18.7. The van der Waals surface area contributed by atoms with Gasteiger partial charge in [-0.3, -0.25) is 9.29 Å². The monoisotopic (exact) mass is 481 g/mol. The van der Waals surface area contributed by atoms with Crippen molar-refractivity contribution >= 4 is 10.9 Å². The van der Waals surface area contributed by atoms with E-state index in [-0.39, 0.29) is 24.5 Å². The van der Waals surface area contributed by atoms with Crippen molar-refractivity contribution in [3.63, 3.8) is 0 Å². The molecule has 1 aliphatic rings. The van der Waals surface area contributed by atoms with E-state index in [9.17, 15) is 13.2 Å². The second-order valence-electron chi connectivity index (χ2n) is 8.40. The molecule has 184 valence electrons. The fourth-order valence-electron chi connectivity index (χ4n) is 4.58. The largest absolute Gasteiger partial charge is 0.492 e. The molecule has 3 aromatic rings. The number of H-pyrrole nitrogens is 1. The maximum Gasteiger partial charge on any atom is 0.141 e. The summed E-state index contributed by atoms with van der Waals surface area (Å²) in [5.41, 5.74) is 2.10. The van der Waals surface area contributed by atoms with Gasteiger partial charge in [0.15, 0.2) is 0 Å². The Hall–Kier alpha value is -2.65. The summed E-state index contributed by atoms with van der Waals surface area (Å²) in [5, 5.41) is 3.92. The predicted molar refractivity (Wildman–Crippen MR) is 122 cm³/mol. The number of hydrogen-bond acceptors (Lipinski definition) is 3. The molecule has 0 saturated heterocycles. The molecule has 2 aromatic carbocycles. The Morgan fingerprint density at radius 3 is 2.62 bits per heavy atom. The van der Waals surface area contributed by atoms with Crippen LogP contribution in [0.25, 0.3) is 10.9 Å². The minimum atomic E-state index is -1.76. The van der Waals surface area contributed by atoms with E-state index in [1.807, 2.05) is 24.3 Å². The molecule has 0 bridgehead atoms. The highest BCUT2D eigenvalue weighted by Crippen LogP contribution is 2.41. The Balaban J connectivity index is 1.64. The van der Waals surface area contributed by atoms with E-state index in [0.717, 1.165) is 28.6 Å². The van der Waals surface area contributed by atoms with Crippen LogP contribution in [0.15, 0.2) is 36.4 Å². The quantitative estimate of drug-likeness (QED) is 0.298. The Morgan fingerprint density at radius 1 is 1.12 bits per heavy atom. The second kappa shape index (κ2) is 11.2. The molecule has 0 spiro atoms. The molecule has 0 radical (unpaired) electrons. The first-order chi connectivity index (χ1) is 16.5. The van der Waals surface area contributed by atoms with Gasteiger partial charge >= 0.3 is 0 Å². The third-order valence-electron chi connectivity index (χ3n) is 6.10. The lowest BCUT2D eigenvalue weighted by molar-refractivity contribution is 0.130. The number of nitrogens with one attached hydrogen (secondary N) is 2. The van der Waals surface area contributed by atoms with Crippen LogP contribution in [-0.4, -0.2) is 62.2 Å². The fraction of sp³-hybridized carbons (Fsp3) is 0.440. The zero-order chi connectivity index (χ0) is 24.1. The summed E-state index contributed by atoms with van der Waals surface area (Å²) in [6, 6.07) is 8.84. The van der Waals surface area contributed by atoms with Gasteiger partial charge in [0.1, 0.15) is 36.8 Å². The number of benzene rings is 2. The maximum atomic E-state index is 15.3. The number of halogens is 5. The van der Waals surface area contributed by atoms with E-state index >= 15 is 8.78 Å². The average Bonchev–Trinajstić information content (AvgIpc) is 3.20. The molecular formula is C25H28F5N3O. The molecule has 0 fully saturated rings. The van der Waals surface area contributed by atoms with Gasteiger partial charge in [-0.1, -0.05) is 18.2 Å². The van der Waals surface area contributed by atoms with Gasteiger partial charge in [0.05, 0.1) is 12.7 Å². The van der Waals surface area contributed by atoms with Crippen LogP contribution in [0.1, 0.15) is 29.3 Å². The summed E-state index contributed by atoms with van der Waals surface area (Å²) >= 11 is 0. The molecule has 0 saturated carbocycles. The fourth-order valence-corrected chi connectivity index (χ4v) is 4.58. The van der Waals surface area contributed by atoms with Crippen LogP contribution >= 0.6 is 0 Å². The Kier molecular flexibility index (Phi) is 8.05. The van der Waals surface area contributed by atoms with Gasteiger partial charge in [-0.05, 0) is 31.0 Å². The van der Waals surface area contributed by atoms with E-state index in [4.69, 9.17) is 4.74 Å². The van der Waals surface area contributed by atoms with E-state index in [2.05, 4.69) is 10.3 Å². The first-order valence-electron chi connectivity index (χ1n) is 11.5. The normalized spacial score (nSPS) is 17.1. The number of nitrogens with zero attached hydrogens (tertiary/aromatic N) is 1. The van der Waals surface area contributed by atoms with Crippen LogP contribution in [0.4, 0.5) is 22.0 Å². The Bertz CT molecular complexity index is 1080. The molecule has 0 aliphatic carbocycles. The molecule has 1 unspecified atom stereocenters. The number of para-hydroxylation sites is 1. The van der Waals surface area contributed by atoms with Crippen molar-refractivity contribution in [2.45, 2.75) is 25.1 Å². The lowest BCUT2D eigenvalue weighted by Gasteiger charge is -2.37. The summed E-state index contributed by atoms with van der Waals surface area (Å²) in [5.74, 6) is -1.62. The number of hydrogen-bond donors (Lipinski definition) is 2. The van der Waals surface area contributed by atoms with Crippen LogP contribution in [0.5, 0.6) is 5.75 Å². The van der Waals surface area contributed by atoms with Crippen LogP contribution in [0, 0.1) is 11.6 Å². The summed E-state index contributed by atoms with van der Waals surface area (Å²) in [6.07, 6.45) is -0.824. The summed E-state index contributed by atoms with van der Waals surface area (Å²) in [4.78, 5) is 4.84. The SMILES string of the molecule is FCCCNCCOc1cc(F)c([C@@H]2c3[nH]c4ccccc4c3CCN2CC(F)CF)c(F)c1. The van der Waals surface area contributed by atoms with Gasteiger partial charge < -0.3 is 15.0 Å². The highest BCUT2D eigenvalue weighted by molar-refractivity contribution is 5.85. The summed E-state index contributed by atoms with van der Waals surface area (Å²) in [6.45, 7) is -0.483. The molecule has 34 heavy (non-hydrogen) atoms. The van der Waals surface area contributed by atoms with Gasteiger partial charge in [0.25, 0.3) is 0 Å². The molecule has 2 N–H and O–H groups in total. The van der Waals surface area contributed by atoms with Crippen LogP contribution in [0.2, 0.25) is 0 Å². The zero-order valence-electron chi connectivity index (χ0n) is 18.7. The smallest absolute Gasteiger partial charge is 0.141 e. The van der Waals surface area contributed by atoms with E-state index in [1.165, 1.54) is 0 Å². The third kappa shape index (κ3) is 5.20. The highest BCUT2D eigenvalue weighted by Gasteiger charge is 2.36. The lowest BCUT2D eigenvalue weighted by Crippen LogP contribution is -2.41. The van der Waals surface area contributed by atoms with Crippen molar-refractivity contribution in [1.82, 2.24) is 15.2 Å². The topological polar surface area (TPSA) is 40.3 Å². The van der Waals surface area contributed by atoms with Crippen molar-refractivity contribution < 1.29 is 26.7 Å². The lowest BCUT2D eigenvalue weighted by atomic mass is 9.91. The Labute approximate surface area is 195 Å². The first-order valence-corrected chi connectivity index (χ1v) is 11.5. The molecule has 1 aromatic heterocycles. The highest BCUT2D eigenvalue weighted by atomic mass is 19.2. The minimum Gasteiger partial charge on any atom is -0.492 e. The van der Waals surface area contributed by atoms with E-state index in [0.29, 0.717) is 38.2 Å². The van der Waals surface area contributed by atoms with Crippen molar-refractivity contribution in [3.8, 4) is 5.75 Å². The van der Waals surface area contributed by atoms with E-state index in [1.54, 1.807) is 4.90 Å². The average molecular weight is 482 g/mol. The van der Waals surface area contributed by atoms with Gasteiger partial charge in [-0.25, -0.2) is 17.6 Å². The molecular weight excluding hydrogens is 453 g/mol. The van der Waals surface area contributed by atoms with Crippen molar-refractivity contribution in [2.75, 3.05) is 46.1 Å². The molecule has 4 rings (SSSR count). The molecule has 2 atom stereocenters. The molecule has 2 heterocycles. The summed E-state index contributed by atoms with van der Waals surface area (Å²) < 4.78 is 75.2. The predicted octanol–water partition coefficient (Wildman–Crippen LogP) is 5.03. The van der Waals surface area contributed by atoms with Crippen LogP contribution in [0.3, 0.4) is 0 Å². The van der Waals surface area contributed by atoms with Gasteiger partial charge in [-0.15, -0.1) is 0 Å². The molecule has 0 amide bonds. The number of fused-ring (bicyclic) bond motifs is 3. The molecule has 4 nitrogen and oxygen atoms in total. The number of aromatic amines is 1. The maximum absolute atomic E-state index is 15.3. The second-order valence-corrected chi connectivity index (χ2v) is 8.40. The van der Waals surface area contributed by atoms with Crippen molar-refractivity contribution in [2.24, 2.45) is 0 Å². The van der Waals surface area contributed by atoms with Gasteiger partial charge in [0, 0.05) is 53.9 Å². The summed E-state index contributed by atoms with van der Waals surface area (Å²) in [7, 11) is 0. The Morgan fingerprint density at radius 2 is 1.88 bits per heavy atom.